The van der Waals surface area contributed by atoms with Gasteiger partial charge in [-0.2, -0.15) is 0 Å². The van der Waals surface area contributed by atoms with Crippen molar-refractivity contribution in [2.45, 2.75) is 0 Å². The van der Waals surface area contributed by atoms with E-state index in [-0.39, 0.29) is 10.8 Å². The molecule has 15 heavy (non-hydrogen) atoms. The van der Waals surface area contributed by atoms with E-state index in [2.05, 4.69) is 4.84 Å². The number of pyridine rings is 1. The number of aromatic nitrogens is 1. The fourth-order valence-electron chi connectivity index (χ4n) is 1.43. The van der Waals surface area contributed by atoms with Crippen LogP contribution in [-0.2, 0) is 0 Å². The fourth-order valence-corrected chi connectivity index (χ4v) is 1.43. The van der Waals surface area contributed by atoms with Gasteiger partial charge in [-0.3, -0.25) is 4.79 Å². The smallest absolute Gasteiger partial charge is 0.291 e. The molecule has 78 valence electrons. The molecule has 0 fully saturated rings. The molecule has 3 nitrogen and oxygen atoms in total. The van der Waals surface area contributed by atoms with Gasteiger partial charge in [-0.1, -0.05) is 6.07 Å². The maximum Gasteiger partial charge on any atom is 0.291 e. The van der Waals surface area contributed by atoms with Crippen molar-refractivity contribution in [1.82, 2.24) is 4.73 Å². The van der Waals surface area contributed by atoms with Crippen molar-refractivity contribution in [1.29, 1.82) is 0 Å². The van der Waals surface area contributed by atoms with Gasteiger partial charge in [0.15, 0.2) is 5.82 Å². The molecule has 0 saturated carbocycles. The molecule has 2 rings (SSSR count). The third-order valence-electron chi connectivity index (χ3n) is 2.11. The fraction of sp³-hybridized carbons (Fsp3) is 0.100. The standard InChI is InChI=1S/C10H7F2NO2/c1-15-13-5-8(12)9-6(10(13)14)3-2-4-7(9)11/h2-5H,1H3. The van der Waals surface area contributed by atoms with Crippen LogP contribution < -0.4 is 10.4 Å². The molecule has 5 heteroatoms. The van der Waals surface area contributed by atoms with Crippen LogP contribution >= 0.6 is 0 Å². The topological polar surface area (TPSA) is 31.2 Å². The molecule has 0 spiro atoms. The summed E-state index contributed by atoms with van der Waals surface area (Å²) in [5.74, 6) is -1.59. The monoisotopic (exact) mass is 211 g/mol. The lowest BCUT2D eigenvalue weighted by Gasteiger charge is -2.06. The average molecular weight is 211 g/mol. The number of fused-ring (bicyclic) bond motifs is 1. The van der Waals surface area contributed by atoms with Crippen molar-refractivity contribution in [3.8, 4) is 0 Å². The quantitative estimate of drug-likeness (QED) is 0.712. The molecule has 0 N–H and O–H groups in total. The minimum Gasteiger partial charge on any atom is -0.414 e. The molecule has 1 aromatic heterocycles. The Kier molecular flexibility index (Phi) is 2.15. The predicted octanol–water partition coefficient (Wildman–Crippen LogP) is 1.34. The van der Waals surface area contributed by atoms with Gasteiger partial charge in [-0.05, 0) is 12.1 Å². The normalized spacial score (nSPS) is 10.6. The Labute approximate surface area is 83.5 Å². The molecule has 0 amide bonds. The van der Waals surface area contributed by atoms with Gasteiger partial charge in [-0.15, -0.1) is 4.73 Å². The van der Waals surface area contributed by atoms with Gasteiger partial charge in [0, 0.05) is 0 Å². The van der Waals surface area contributed by atoms with Crippen LogP contribution in [0.4, 0.5) is 8.78 Å². The maximum absolute atomic E-state index is 13.4. The van der Waals surface area contributed by atoms with Crippen LogP contribution in [0, 0.1) is 11.6 Å². The van der Waals surface area contributed by atoms with Crippen LogP contribution in [0.25, 0.3) is 10.8 Å². The molecule has 1 aromatic carbocycles. The van der Waals surface area contributed by atoms with Crippen molar-refractivity contribution in [3.05, 3.63) is 46.4 Å². The number of halogens is 2. The Hall–Kier alpha value is -1.91. The summed E-state index contributed by atoms with van der Waals surface area (Å²) < 4.78 is 27.3. The SMILES string of the molecule is COn1cc(F)c2c(F)cccc2c1=O. The molecular weight excluding hydrogens is 204 g/mol. The molecular formula is C10H7F2NO2. The second kappa shape index (κ2) is 3.34. The first kappa shape index (κ1) is 9.64. The Morgan fingerprint density at radius 1 is 1.27 bits per heavy atom. The second-order valence-electron chi connectivity index (χ2n) is 2.95. The summed E-state index contributed by atoms with van der Waals surface area (Å²) in [6.45, 7) is 0. The summed E-state index contributed by atoms with van der Waals surface area (Å²) in [5.41, 5.74) is -0.589. The highest BCUT2D eigenvalue weighted by Gasteiger charge is 2.12. The molecule has 1 heterocycles. The highest BCUT2D eigenvalue weighted by atomic mass is 19.1. The minimum absolute atomic E-state index is 0.0446. The van der Waals surface area contributed by atoms with E-state index in [1.54, 1.807) is 0 Å². The van der Waals surface area contributed by atoms with Gasteiger partial charge in [0.2, 0.25) is 0 Å². The number of benzene rings is 1. The van der Waals surface area contributed by atoms with Gasteiger partial charge in [0.05, 0.1) is 17.0 Å². The lowest BCUT2D eigenvalue weighted by molar-refractivity contribution is 0.155. The van der Waals surface area contributed by atoms with Crippen LogP contribution in [-0.4, -0.2) is 11.8 Å². The van der Waals surface area contributed by atoms with Crippen LogP contribution in [0.2, 0.25) is 0 Å². The minimum atomic E-state index is -0.829. The molecule has 0 aliphatic carbocycles. The van der Waals surface area contributed by atoms with E-state index in [4.69, 9.17) is 0 Å². The zero-order valence-corrected chi connectivity index (χ0v) is 7.83. The summed E-state index contributed by atoms with van der Waals surface area (Å²) in [6.07, 6.45) is 0.813. The largest absolute Gasteiger partial charge is 0.414 e. The molecule has 0 bridgehead atoms. The van der Waals surface area contributed by atoms with Gasteiger partial charge < -0.3 is 4.84 Å². The Morgan fingerprint density at radius 3 is 2.67 bits per heavy atom. The van der Waals surface area contributed by atoms with Gasteiger partial charge in [0.1, 0.15) is 12.9 Å². The number of hydrogen-bond donors (Lipinski definition) is 0. The third-order valence-corrected chi connectivity index (χ3v) is 2.11. The molecule has 0 radical (unpaired) electrons. The van der Waals surface area contributed by atoms with E-state index in [1.165, 1.54) is 19.2 Å². The zero-order valence-electron chi connectivity index (χ0n) is 7.83. The average Bonchev–Trinajstić information content (AvgIpc) is 2.23. The summed E-state index contributed by atoms with van der Waals surface area (Å²) in [6, 6.07) is 3.79. The Bertz CT molecular complexity index is 577. The predicted molar refractivity (Wildman–Crippen MR) is 50.6 cm³/mol. The molecule has 0 saturated heterocycles. The zero-order chi connectivity index (χ0) is 11.0. The molecule has 0 unspecified atom stereocenters. The Balaban J connectivity index is 3.00. The van der Waals surface area contributed by atoms with Crippen molar-refractivity contribution >= 4 is 10.8 Å². The maximum atomic E-state index is 13.4. The first-order valence-corrected chi connectivity index (χ1v) is 4.19. The second-order valence-corrected chi connectivity index (χ2v) is 2.95. The molecule has 0 atom stereocenters. The van der Waals surface area contributed by atoms with E-state index in [9.17, 15) is 13.6 Å². The highest BCUT2D eigenvalue weighted by Crippen LogP contribution is 2.17. The highest BCUT2D eigenvalue weighted by molar-refractivity contribution is 5.82. The van der Waals surface area contributed by atoms with Crippen LogP contribution in [0.15, 0.2) is 29.2 Å². The van der Waals surface area contributed by atoms with E-state index in [1.807, 2.05) is 0 Å². The van der Waals surface area contributed by atoms with E-state index in [0.29, 0.717) is 0 Å². The lowest BCUT2D eigenvalue weighted by Crippen LogP contribution is -2.25. The van der Waals surface area contributed by atoms with Crippen LogP contribution in [0.5, 0.6) is 0 Å². The summed E-state index contributed by atoms with van der Waals surface area (Å²) in [4.78, 5) is 16.2. The number of rotatable bonds is 1. The van der Waals surface area contributed by atoms with Crippen molar-refractivity contribution in [3.63, 3.8) is 0 Å². The van der Waals surface area contributed by atoms with Crippen LogP contribution in [0.3, 0.4) is 0 Å². The van der Waals surface area contributed by atoms with Crippen molar-refractivity contribution < 1.29 is 13.6 Å². The van der Waals surface area contributed by atoms with Crippen molar-refractivity contribution in [2.75, 3.05) is 7.11 Å². The Morgan fingerprint density at radius 2 is 2.00 bits per heavy atom. The summed E-state index contributed by atoms with van der Waals surface area (Å²) in [7, 11) is 1.23. The van der Waals surface area contributed by atoms with E-state index >= 15 is 0 Å². The first-order valence-electron chi connectivity index (χ1n) is 4.19. The van der Waals surface area contributed by atoms with Crippen molar-refractivity contribution in [2.24, 2.45) is 0 Å². The van der Waals surface area contributed by atoms with Crippen LogP contribution in [0.1, 0.15) is 0 Å². The summed E-state index contributed by atoms with van der Waals surface area (Å²) >= 11 is 0. The van der Waals surface area contributed by atoms with E-state index < -0.39 is 17.2 Å². The number of hydrogen-bond acceptors (Lipinski definition) is 2. The first-order chi connectivity index (χ1) is 7.15. The van der Waals surface area contributed by atoms with E-state index in [0.717, 1.165) is 17.0 Å². The molecule has 2 aromatic rings. The van der Waals surface area contributed by atoms with Gasteiger partial charge in [-0.25, -0.2) is 8.78 Å². The third kappa shape index (κ3) is 1.36. The van der Waals surface area contributed by atoms with Gasteiger partial charge >= 0.3 is 0 Å². The van der Waals surface area contributed by atoms with Gasteiger partial charge in [0.25, 0.3) is 5.56 Å². The molecule has 0 aliphatic rings. The number of nitrogens with zero attached hydrogens (tertiary/aromatic N) is 1. The summed E-state index contributed by atoms with van der Waals surface area (Å²) in [5, 5.41) is -0.354. The molecule has 0 aliphatic heterocycles. The lowest BCUT2D eigenvalue weighted by atomic mass is 10.1.